The molecule has 0 amide bonds. The molecule has 0 heterocycles. The molecule has 0 aromatic heterocycles. The van der Waals surface area contributed by atoms with E-state index in [9.17, 15) is 0 Å². The molecule has 3 rings (SSSR count). The number of fused-ring (bicyclic) bond motifs is 2. The van der Waals surface area contributed by atoms with Gasteiger partial charge in [-0.1, -0.05) is 229 Å². The largest absolute Gasteiger partial charge is 0.369 e. The van der Waals surface area contributed by atoms with Crippen LogP contribution in [0.2, 0.25) is 0 Å². The summed E-state index contributed by atoms with van der Waals surface area (Å²) in [5, 5.41) is 13.3. The molecular formula is C50H82N8. The van der Waals surface area contributed by atoms with E-state index in [1.807, 2.05) is 12.4 Å². The van der Waals surface area contributed by atoms with Crippen LogP contribution in [0.5, 0.6) is 0 Å². The van der Waals surface area contributed by atoms with E-state index in [4.69, 9.17) is 11.5 Å². The first-order valence-electron chi connectivity index (χ1n) is 23.8. The molecule has 0 spiro atoms. The van der Waals surface area contributed by atoms with Gasteiger partial charge in [0.15, 0.2) is 0 Å². The maximum Gasteiger partial charge on any atom is 0.209 e. The number of hydrazone groups is 2. The lowest BCUT2D eigenvalue weighted by molar-refractivity contribution is 0.536. The number of nitrogens with two attached hydrogens (primary N) is 2. The van der Waals surface area contributed by atoms with Crippen molar-refractivity contribution in [2.75, 3.05) is 13.1 Å². The van der Waals surface area contributed by atoms with Crippen molar-refractivity contribution < 1.29 is 0 Å². The molecular weight excluding hydrogens is 713 g/mol. The van der Waals surface area contributed by atoms with Crippen LogP contribution in [0.4, 0.5) is 0 Å². The van der Waals surface area contributed by atoms with Crippen LogP contribution in [-0.2, 0) is 0 Å². The Morgan fingerprint density at radius 1 is 0.397 bits per heavy atom. The first kappa shape index (κ1) is 48.4. The summed E-state index contributed by atoms with van der Waals surface area (Å²) in [7, 11) is 0. The molecule has 3 aromatic carbocycles. The third kappa shape index (κ3) is 21.2. The first-order chi connectivity index (χ1) is 28.7. The van der Waals surface area contributed by atoms with E-state index in [1.54, 1.807) is 0 Å². The lowest BCUT2D eigenvalue weighted by atomic mass is 9.92. The molecule has 0 radical (unpaired) electrons. The summed E-state index contributed by atoms with van der Waals surface area (Å²) < 4.78 is 0. The quantitative estimate of drug-likeness (QED) is 0.0158. The smallest absolute Gasteiger partial charge is 0.209 e. The topological polar surface area (TPSA) is 126 Å². The molecule has 3 aromatic rings. The highest BCUT2D eigenvalue weighted by molar-refractivity contribution is 6.21. The minimum absolute atomic E-state index is 0.345. The summed E-state index contributed by atoms with van der Waals surface area (Å²) >= 11 is 0. The molecule has 0 saturated carbocycles. The molecule has 58 heavy (non-hydrogen) atoms. The van der Waals surface area contributed by atoms with Crippen LogP contribution >= 0.6 is 0 Å². The number of hydrogen-bond donors (Lipinski definition) is 4. The normalized spacial score (nSPS) is 12.5. The van der Waals surface area contributed by atoms with E-state index >= 15 is 0 Å². The molecule has 8 nitrogen and oxygen atoms in total. The lowest BCUT2D eigenvalue weighted by Gasteiger charge is -2.12. The highest BCUT2D eigenvalue weighted by Gasteiger charge is 2.11. The summed E-state index contributed by atoms with van der Waals surface area (Å²) in [4.78, 5) is 9.04. The fraction of sp³-hybridized carbons (Fsp3) is 0.640. The minimum atomic E-state index is 0.345. The number of benzene rings is 3. The zero-order chi connectivity index (χ0) is 41.1. The van der Waals surface area contributed by atoms with Gasteiger partial charge in [0, 0.05) is 24.2 Å². The van der Waals surface area contributed by atoms with Crippen LogP contribution in [0.15, 0.2) is 68.7 Å². The van der Waals surface area contributed by atoms with Crippen LogP contribution in [0.25, 0.3) is 21.5 Å². The molecule has 6 N–H and O–H groups in total. The first-order valence-corrected chi connectivity index (χ1v) is 23.8. The van der Waals surface area contributed by atoms with Gasteiger partial charge in [-0.05, 0) is 34.4 Å². The predicted molar refractivity (Wildman–Crippen MR) is 257 cm³/mol. The van der Waals surface area contributed by atoms with Crippen LogP contribution < -0.4 is 22.3 Å². The molecule has 322 valence electrons. The van der Waals surface area contributed by atoms with E-state index in [0.29, 0.717) is 11.9 Å². The second-order valence-corrected chi connectivity index (χ2v) is 16.4. The average molecular weight is 795 g/mol. The molecule has 0 atom stereocenters. The number of hydrogen-bond acceptors (Lipinski definition) is 4. The summed E-state index contributed by atoms with van der Waals surface area (Å²) in [6.07, 6.45) is 41.3. The summed E-state index contributed by atoms with van der Waals surface area (Å²) in [5.41, 5.74) is 20.3. The van der Waals surface area contributed by atoms with Crippen molar-refractivity contribution in [1.82, 2.24) is 10.9 Å². The molecule has 0 bridgehead atoms. The van der Waals surface area contributed by atoms with Gasteiger partial charge in [0.1, 0.15) is 0 Å². The second kappa shape index (κ2) is 33.0. The van der Waals surface area contributed by atoms with Gasteiger partial charge in [0.05, 0.1) is 12.4 Å². The second-order valence-electron chi connectivity index (χ2n) is 16.4. The number of guanidine groups is 2. The van der Waals surface area contributed by atoms with Gasteiger partial charge in [-0.3, -0.25) is 9.98 Å². The van der Waals surface area contributed by atoms with Crippen molar-refractivity contribution in [1.29, 1.82) is 0 Å². The maximum absolute atomic E-state index is 6.19. The fourth-order valence-corrected chi connectivity index (χ4v) is 7.88. The fourth-order valence-electron chi connectivity index (χ4n) is 7.88. The average Bonchev–Trinajstić information content (AvgIpc) is 3.24. The Balaban J connectivity index is 1.38. The molecule has 8 heteroatoms. The number of nitrogens with one attached hydrogen (secondary N) is 2. The molecule has 0 fully saturated rings. The van der Waals surface area contributed by atoms with Crippen molar-refractivity contribution in [3.8, 4) is 0 Å². The van der Waals surface area contributed by atoms with Crippen LogP contribution in [0.3, 0.4) is 0 Å². The van der Waals surface area contributed by atoms with Gasteiger partial charge in [0.25, 0.3) is 0 Å². The Bertz CT molecular complexity index is 1430. The Kier molecular flexibility index (Phi) is 27.5. The number of nitrogens with zero attached hydrogens (tertiary/aromatic N) is 4. The molecule has 0 saturated heterocycles. The molecule has 0 aliphatic rings. The highest BCUT2D eigenvalue weighted by atomic mass is 15.4. The zero-order valence-corrected chi connectivity index (χ0v) is 36.9. The lowest BCUT2D eigenvalue weighted by Crippen LogP contribution is -2.27. The standard InChI is InChI=1S/C50H82N8/c1-3-5-7-9-11-13-15-17-19-21-23-25-27-33-39-53-49(51)57-55-41-47-43-35-29-31-37-45(43)48(46-38-32-30-36-44(46)47)42-56-58-50(52)54-40-34-28-26-24-22-20-18-16-14-12-10-8-6-4-2/h29-32,35-38,41-42H,3-28,33-34,39-40H2,1-2H3,(H3,51,53,57)(H3,52,54,58)/b55-41+,56-42+. The van der Waals surface area contributed by atoms with E-state index in [1.165, 1.54) is 167 Å². The van der Waals surface area contributed by atoms with E-state index < -0.39 is 0 Å². The number of rotatable bonds is 34. The van der Waals surface area contributed by atoms with Crippen LogP contribution in [-0.4, -0.2) is 37.4 Å². The van der Waals surface area contributed by atoms with Gasteiger partial charge in [0.2, 0.25) is 11.9 Å². The summed E-state index contributed by atoms with van der Waals surface area (Å²) in [6, 6.07) is 16.7. The Morgan fingerprint density at radius 2 is 0.638 bits per heavy atom. The third-order valence-corrected chi connectivity index (χ3v) is 11.3. The maximum atomic E-state index is 6.19. The third-order valence-electron chi connectivity index (χ3n) is 11.3. The molecule has 0 unspecified atom stereocenters. The van der Waals surface area contributed by atoms with Crippen LogP contribution in [0, 0.1) is 0 Å². The SMILES string of the molecule is CCCCCCCCCCCCCCCCN=C(N)N/N=C/c1c2ccccc2c(/C=N/NC(N)=NCCCCCCCCCCCCCCCC)c2ccccc12. The van der Waals surface area contributed by atoms with Gasteiger partial charge in [-0.15, -0.1) is 0 Å². The van der Waals surface area contributed by atoms with Crippen molar-refractivity contribution in [2.45, 2.75) is 194 Å². The van der Waals surface area contributed by atoms with Crippen molar-refractivity contribution in [3.63, 3.8) is 0 Å². The van der Waals surface area contributed by atoms with Crippen molar-refractivity contribution in [3.05, 3.63) is 59.7 Å². The summed E-state index contributed by atoms with van der Waals surface area (Å²) in [5.74, 6) is 0.691. The zero-order valence-electron chi connectivity index (χ0n) is 36.9. The van der Waals surface area contributed by atoms with Crippen molar-refractivity contribution in [2.24, 2.45) is 31.7 Å². The Morgan fingerprint density at radius 3 is 0.897 bits per heavy atom. The number of unbranched alkanes of at least 4 members (excludes halogenated alkanes) is 26. The van der Waals surface area contributed by atoms with Gasteiger partial charge in [-0.2, -0.15) is 10.2 Å². The molecule has 0 aliphatic carbocycles. The van der Waals surface area contributed by atoms with E-state index in [-0.39, 0.29) is 0 Å². The van der Waals surface area contributed by atoms with Gasteiger partial charge < -0.3 is 11.5 Å². The monoisotopic (exact) mass is 795 g/mol. The molecule has 0 aliphatic heterocycles. The Labute approximate surface area is 353 Å². The predicted octanol–water partition coefficient (Wildman–Crippen LogP) is 13.4. The van der Waals surface area contributed by atoms with Gasteiger partial charge in [-0.25, -0.2) is 10.9 Å². The van der Waals surface area contributed by atoms with Crippen molar-refractivity contribution >= 4 is 45.9 Å². The number of aliphatic imine (C=N–C) groups is 2. The van der Waals surface area contributed by atoms with Gasteiger partial charge >= 0.3 is 0 Å². The van der Waals surface area contributed by atoms with Crippen LogP contribution in [0.1, 0.15) is 205 Å². The summed E-state index contributed by atoms with van der Waals surface area (Å²) in [6.45, 7) is 6.00. The Hall–Kier alpha value is -3.94. The van der Waals surface area contributed by atoms with E-state index in [2.05, 4.69) is 93.4 Å². The highest BCUT2D eigenvalue weighted by Crippen LogP contribution is 2.31. The minimum Gasteiger partial charge on any atom is -0.369 e. The van der Waals surface area contributed by atoms with E-state index in [0.717, 1.165) is 58.6 Å².